The summed E-state index contributed by atoms with van der Waals surface area (Å²) >= 11 is 0. The van der Waals surface area contributed by atoms with Gasteiger partial charge in [0.25, 0.3) is 0 Å². The molecule has 1 heterocycles. The minimum absolute atomic E-state index is 0.177. The van der Waals surface area contributed by atoms with Gasteiger partial charge in [0.15, 0.2) is 0 Å². The van der Waals surface area contributed by atoms with Crippen molar-refractivity contribution in [2.75, 3.05) is 0 Å². The molecule has 1 aliphatic rings. The van der Waals surface area contributed by atoms with Crippen LogP contribution in [0.1, 0.15) is 17.2 Å². The van der Waals surface area contributed by atoms with Crippen molar-refractivity contribution in [3.8, 4) is 33.4 Å². The summed E-state index contributed by atoms with van der Waals surface area (Å²) < 4.78 is 0. The smallest absolute Gasteiger partial charge is 0.0696 e. The van der Waals surface area contributed by atoms with E-state index in [1.165, 1.54) is 82.4 Å². The van der Waals surface area contributed by atoms with Gasteiger partial charge in [-0.25, -0.2) is 0 Å². The lowest BCUT2D eigenvalue weighted by atomic mass is 9.83. The molecular formula is C47H33N. The van der Waals surface area contributed by atoms with E-state index in [9.17, 15) is 0 Å². The van der Waals surface area contributed by atoms with Crippen molar-refractivity contribution < 1.29 is 0 Å². The van der Waals surface area contributed by atoms with Gasteiger partial charge in [-0.3, -0.25) is 0 Å². The van der Waals surface area contributed by atoms with Crippen molar-refractivity contribution in [2.24, 2.45) is 0 Å². The Kier molecular flexibility index (Phi) is 6.95. The maximum absolute atomic E-state index is 3.61. The summed E-state index contributed by atoms with van der Waals surface area (Å²) in [7, 11) is 0. The maximum Gasteiger partial charge on any atom is 0.0696 e. The SMILES string of the molecule is C1=CC(c2ccccc2)NC=C1c1cccc(-c2c3ccccc3c(-c3ccc(-c4ccccc4)c4ccccc34)c3ccccc23)c1. The van der Waals surface area contributed by atoms with Gasteiger partial charge in [0, 0.05) is 6.20 Å². The first-order valence-corrected chi connectivity index (χ1v) is 16.6. The van der Waals surface area contributed by atoms with E-state index < -0.39 is 0 Å². The highest BCUT2D eigenvalue weighted by Gasteiger charge is 2.19. The minimum Gasteiger partial charge on any atom is -0.380 e. The Bertz CT molecular complexity index is 2470. The lowest BCUT2D eigenvalue weighted by molar-refractivity contribution is 0.749. The van der Waals surface area contributed by atoms with Crippen molar-refractivity contribution >= 4 is 37.9 Å². The molecule has 1 heteroatoms. The van der Waals surface area contributed by atoms with Crippen LogP contribution in [-0.4, -0.2) is 0 Å². The van der Waals surface area contributed by atoms with Crippen LogP contribution in [0.2, 0.25) is 0 Å². The molecule has 9 rings (SSSR count). The van der Waals surface area contributed by atoms with E-state index >= 15 is 0 Å². The standard InChI is InChI=1S/C47H33N/c1-3-14-32(15-4-1)37-27-28-44(39-21-8-7-20-38(37)39)47-42-24-11-9-22-40(42)46(41-23-10-12-25-43(41)47)35-19-13-18-34(30-35)36-26-29-45(48-31-36)33-16-5-2-6-17-33/h1-31,45,48H. The number of allylic oxidation sites excluding steroid dienone is 2. The lowest BCUT2D eigenvalue weighted by Gasteiger charge is -2.21. The highest BCUT2D eigenvalue weighted by atomic mass is 14.9. The fraction of sp³-hybridized carbons (Fsp3) is 0.0213. The molecule has 0 bridgehead atoms. The molecule has 0 aromatic heterocycles. The Balaban J connectivity index is 1.22. The minimum atomic E-state index is 0.177. The van der Waals surface area contributed by atoms with Crippen molar-refractivity contribution in [1.82, 2.24) is 5.32 Å². The number of fused-ring (bicyclic) bond motifs is 3. The Labute approximate surface area is 281 Å². The third-order valence-electron chi connectivity index (χ3n) is 9.74. The Morgan fingerprint density at radius 1 is 0.375 bits per heavy atom. The van der Waals surface area contributed by atoms with Crippen LogP contribution < -0.4 is 5.32 Å². The largest absolute Gasteiger partial charge is 0.380 e. The molecule has 1 unspecified atom stereocenters. The molecular weight excluding hydrogens is 579 g/mol. The van der Waals surface area contributed by atoms with E-state index in [0.29, 0.717) is 0 Å². The van der Waals surface area contributed by atoms with Gasteiger partial charge >= 0.3 is 0 Å². The fourth-order valence-electron chi connectivity index (χ4n) is 7.50. The molecule has 0 radical (unpaired) electrons. The molecule has 1 N–H and O–H groups in total. The van der Waals surface area contributed by atoms with Gasteiger partial charge in [-0.05, 0) is 88.5 Å². The molecule has 226 valence electrons. The first kappa shape index (κ1) is 28.1. The number of hydrogen-bond acceptors (Lipinski definition) is 1. The summed E-state index contributed by atoms with van der Waals surface area (Å²) in [5.41, 5.74) is 11.2. The molecule has 1 nitrogen and oxygen atoms in total. The summed E-state index contributed by atoms with van der Waals surface area (Å²) in [5.74, 6) is 0. The van der Waals surface area contributed by atoms with Gasteiger partial charge in [-0.1, -0.05) is 176 Å². The van der Waals surface area contributed by atoms with Gasteiger partial charge in [-0.15, -0.1) is 0 Å². The van der Waals surface area contributed by atoms with Crippen LogP contribution in [0.3, 0.4) is 0 Å². The second kappa shape index (κ2) is 11.9. The Morgan fingerprint density at radius 3 is 1.50 bits per heavy atom. The number of hydrogen-bond donors (Lipinski definition) is 1. The highest BCUT2D eigenvalue weighted by molar-refractivity contribution is 6.24. The zero-order valence-electron chi connectivity index (χ0n) is 26.5. The molecule has 0 spiro atoms. The predicted molar refractivity (Wildman–Crippen MR) is 205 cm³/mol. The van der Waals surface area contributed by atoms with E-state index in [4.69, 9.17) is 0 Å². The van der Waals surface area contributed by atoms with Gasteiger partial charge < -0.3 is 5.32 Å². The van der Waals surface area contributed by atoms with Crippen molar-refractivity contribution in [2.45, 2.75) is 6.04 Å². The van der Waals surface area contributed by atoms with E-state index in [1.807, 2.05) is 0 Å². The number of rotatable bonds is 5. The van der Waals surface area contributed by atoms with E-state index in [0.717, 1.165) is 0 Å². The second-order valence-corrected chi connectivity index (χ2v) is 12.5. The molecule has 0 saturated heterocycles. The van der Waals surface area contributed by atoms with Crippen LogP contribution in [0.5, 0.6) is 0 Å². The zero-order valence-corrected chi connectivity index (χ0v) is 26.5. The number of dihydropyridines is 1. The van der Waals surface area contributed by atoms with Crippen LogP contribution in [0.25, 0.3) is 71.3 Å². The Hall–Kier alpha value is -6.18. The fourth-order valence-corrected chi connectivity index (χ4v) is 7.50. The number of benzene rings is 8. The van der Waals surface area contributed by atoms with Crippen molar-refractivity contribution in [3.05, 3.63) is 199 Å². The van der Waals surface area contributed by atoms with E-state index in [2.05, 4.69) is 194 Å². The van der Waals surface area contributed by atoms with Crippen LogP contribution in [0.4, 0.5) is 0 Å². The summed E-state index contributed by atoms with van der Waals surface area (Å²) in [6.07, 6.45) is 6.65. The van der Waals surface area contributed by atoms with Gasteiger partial charge in [-0.2, -0.15) is 0 Å². The second-order valence-electron chi connectivity index (χ2n) is 12.5. The van der Waals surface area contributed by atoms with Gasteiger partial charge in [0.2, 0.25) is 0 Å². The molecule has 0 saturated carbocycles. The van der Waals surface area contributed by atoms with Crippen LogP contribution in [0, 0.1) is 0 Å². The van der Waals surface area contributed by atoms with Crippen LogP contribution in [0.15, 0.2) is 188 Å². The predicted octanol–water partition coefficient (Wildman–Crippen LogP) is 12.4. The third kappa shape index (κ3) is 4.80. The zero-order chi connectivity index (χ0) is 31.9. The Morgan fingerprint density at radius 2 is 0.875 bits per heavy atom. The van der Waals surface area contributed by atoms with Crippen LogP contribution in [-0.2, 0) is 0 Å². The summed E-state index contributed by atoms with van der Waals surface area (Å²) in [6, 6.07) is 61.8. The molecule has 0 fully saturated rings. The van der Waals surface area contributed by atoms with Crippen LogP contribution >= 0.6 is 0 Å². The average molecular weight is 612 g/mol. The third-order valence-corrected chi connectivity index (χ3v) is 9.74. The van der Waals surface area contributed by atoms with Gasteiger partial charge in [0.05, 0.1) is 6.04 Å². The number of nitrogens with one attached hydrogen (secondary N) is 1. The summed E-state index contributed by atoms with van der Waals surface area (Å²) in [6.45, 7) is 0. The first-order chi connectivity index (χ1) is 23.8. The van der Waals surface area contributed by atoms with Gasteiger partial charge in [0.1, 0.15) is 0 Å². The topological polar surface area (TPSA) is 12.0 Å². The molecule has 1 atom stereocenters. The molecule has 8 aromatic carbocycles. The average Bonchev–Trinajstić information content (AvgIpc) is 3.17. The molecule has 0 amide bonds. The maximum atomic E-state index is 3.61. The molecule has 48 heavy (non-hydrogen) atoms. The lowest BCUT2D eigenvalue weighted by Crippen LogP contribution is -2.16. The summed E-state index contributed by atoms with van der Waals surface area (Å²) in [5, 5.41) is 11.2. The van der Waals surface area contributed by atoms with Crippen molar-refractivity contribution in [1.29, 1.82) is 0 Å². The molecule has 8 aromatic rings. The first-order valence-electron chi connectivity index (χ1n) is 16.6. The van der Waals surface area contributed by atoms with E-state index in [1.54, 1.807) is 0 Å². The monoisotopic (exact) mass is 611 g/mol. The molecule has 1 aliphatic heterocycles. The highest BCUT2D eigenvalue weighted by Crippen LogP contribution is 2.46. The quantitative estimate of drug-likeness (QED) is 0.191. The summed E-state index contributed by atoms with van der Waals surface area (Å²) in [4.78, 5) is 0. The van der Waals surface area contributed by atoms with E-state index in [-0.39, 0.29) is 6.04 Å². The normalized spacial score (nSPS) is 14.2. The van der Waals surface area contributed by atoms with Crippen molar-refractivity contribution in [3.63, 3.8) is 0 Å². The molecule has 0 aliphatic carbocycles.